The first-order valence-electron chi connectivity index (χ1n) is 5.81. The standard InChI is InChI=1S/C12H21N3S/c1-8(2)5-11-14-10(6-12(16)15-11)13-7-9(3)4/h6,8-9H,5,7H2,1-4H3,(H2,13,14,15,16). The van der Waals surface area contributed by atoms with Gasteiger partial charge in [-0.2, -0.15) is 0 Å². The number of aromatic nitrogens is 2. The fourth-order valence-electron chi connectivity index (χ4n) is 1.40. The quantitative estimate of drug-likeness (QED) is 0.774. The van der Waals surface area contributed by atoms with E-state index in [-0.39, 0.29) is 0 Å². The maximum atomic E-state index is 5.15. The average Bonchev–Trinajstić information content (AvgIpc) is 2.12. The lowest BCUT2D eigenvalue weighted by Gasteiger charge is -2.11. The van der Waals surface area contributed by atoms with Crippen molar-refractivity contribution in [1.29, 1.82) is 0 Å². The molecule has 0 unspecified atom stereocenters. The van der Waals surface area contributed by atoms with Gasteiger partial charge in [0.2, 0.25) is 0 Å². The second-order valence-electron chi connectivity index (χ2n) is 4.95. The van der Waals surface area contributed by atoms with Gasteiger partial charge in [0.05, 0.1) is 0 Å². The predicted molar refractivity (Wildman–Crippen MR) is 71.3 cm³/mol. The molecule has 0 aliphatic carbocycles. The summed E-state index contributed by atoms with van der Waals surface area (Å²) in [6, 6.07) is 1.88. The molecule has 1 aromatic rings. The van der Waals surface area contributed by atoms with Gasteiger partial charge in [0.1, 0.15) is 16.3 Å². The summed E-state index contributed by atoms with van der Waals surface area (Å²) in [4.78, 5) is 7.60. The molecule has 0 amide bonds. The number of nitrogens with one attached hydrogen (secondary N) is 2. The molecule has 16 heavy (non-hydrogen) atoms. The van der Waals surface area contributed by atoms with E-state index in [9.17, 15) is 0 Å². The summed E-state index contributed by atoms with van der Waals surface area (Å²) in [6.45, 7) is 9.64. The zero-order valence-electron chi connectivity index (χ0n) is 10.5. The summed E-state index contributed by atoms with van der Waals surface area (Å²) in [5.74, 6) is 3.14. The molecule has 0 aliphatic rings. The normalized spacial score (nSPS) is 11.1. The lowest BCUT2D eigenvalue weighted by Crippen LogP contribution is -2.11. The van der Waals surface area contributed by atoms with E-state index in [4.69, 9.17) is 12.2 Å². The van der Waals surface area contributed by atoms with E-state index in [1.54, 1.807) is 0 Å². The second-order valence-corrected chi connectivity index (χ2v) is 5.37. The number of H-pyrrole nitrogens is 1. The summed E-state index contributed by atoms with van der Waals surface area (Å²) in [6.07, 6.45) is 0.931. The molecule has 3 nitrogen and oxygen atoms in total. The van der Waals surface area contributed by atoms with Crippen molar-refractivity contribution in [2.45, 2.75) is 34.1 Å². The smallest absolute Gasteiger partial charge is 0.131 e. The highest BCUT2D eigenvalue weighted by atomic mass is 32.1. The van der Waals surface area contributed by atoms with Crippen molar-refractivity contribution >= 4 is 18.0 Å². The number of anilines is 1. The van der Waals surface area contributed by atoms with Crippen LogP contribution in [0.1, 0.15) is 33.5 Å². The molecule has 1 rings (SSSR count). The molecular weight excluding hydrogens is 218 g/mol. The largest absolute Gasteiger partial charge is 0.371 e. The first-order chi connectivity index (χ1) is 7.47. The summed E-state index contributed by atoms with van der Waals surface area (Å²) in [5, 5.41) is 3.34. The van der Waals surface area contributed by atoms with E-state index >= 15 is 0 Å². The van der Waals surface area contributed by atoms with E-state index in [0.29, 0.717) is 16.5 Å². The third-order valence-corrected chi connectivity index (χ3v) is 2.30. The molecule has 1 aromatic heterocycles. The monoisotopic (exact) mass is 239 g/mol. The molecule has 1 heterocycles. The van der Waals surface area contributed by atoms with E-state index < -0.39 is 0 Å². The number of aromatic amines is 1. The Hall–Kier alpha value is -0.900. The van der Waals surface area contributed by atoms with Crippen LogP contribution in [0.25, 0.3) is 0 Å². The van der Waals surface area contributed by atoms with Gasteiger partial charge >= 0.3 is 0 Å². The second kappa shape index (κ2) is 5.99. The van der Waals surface area contributed by atoms with Crippen LogP contribution in [0, 0.1) is 16.5 Å². The molecule has 0 aromatic carbocycles. The van der Waals surface area contributed by atoms with Gasteiger partial charge in [0.15, 0.2) is 0 Å². The highest BCUT2D eigenvalue weighted by Gasteiger charge is 2.02. The van der Waals surface area contributed by atoms with Crippen molar-refractivity contribution in [3.05, 3.63) is 16.5 Å². The average molecular weight is 239 g/mol. The summed E-state index contributed by atoms with van der Waals surface area (Å²) >= 11 is 5.15. The molecular formula is C12H21N3S. The fourth-order valence-corrected chi connectivity index (χ4v) is 1.63. The minimum absolute atomic E-state index is 0.582. The molecule has 4 heteroatoms. The van der Waals surface area contributed by atoms with Crippen molar-refractivity contribution in [2.75, 3.05) is 11.9 Å². The Labute approximate surface area is 103 Å². The topological polar surface area (TPSA) is 40.7 Å². The Kier molecular flexibility index (Phi) is 4.93. The zero-order chi connectivity index (χ0) is 12.1. The fraction of sp³-hybridized carbons (Fsp3) is 0.667. The van der Waals surface area contributed by atoms with Crippen molar-refractivity contribution in [3.63, 3.8) is 0 Å². The summed E-state index contributed by atoms with van der Waals surface area (Å²) in [7, 11) is 0. The first-order valence-corrected chi connectivity index (χ1v) is 6.22. The Morgan fingerprint density at radius 2 is 2.00 bits per heavy atom. The van der Waals surface area contributed by atoms with Gasteiger partial charge in [0, 0.05) is 19.0 Å². The molecule has 2 N–H and O–H groups in total. The molecule has 0 aliphatic heterocycles. The summed E-state index contributed by atoms with van der Waals surface area (Å²) in [5.41, 5.74) is 0. The number of rotatable bonds is 5. The Morgan fingerprint density at radius 1 is 1.31 bits per heavy atom. The van der Waals surface area contributed by atoms with Crippen LogP contribution in [0.4, 0.5) is 5.82 Å². The maximum Gasteiger partial charge on any atom is 0.131 e. The predicted octanol–water partition coefficient (Wildman–Crippen LogP) is 3.41. The molecule has 0 spiro atoms. The van der Waals surface area contributed by atoms with Crippen LogP contribution in [0.3, 0.4) is 0 Å². The van der Waals surface area contributed by atoms with Crippen LogP contribution in [0.5, 0.6) is 0 Å². The van der Waals surface area contributed by atoms with Gasteiger partial charge in [-0.05, 0) is 11.8 Å². The van der Waals surface area contributed by atoms with Crippen LogP contribution in [0.15, 0.2) is 6.07 Å². The highest BCUT2D eigenvalue weighted by Crippen LogP contribution is 2.08. The van der Waals surface area contributed by atoms with Crippen molar-refractivity contribution in [3.8, 4) is 0 Å². The van der Waals surface area contributed by atoms with Gasteiger partial charge in [-0.3, -0.25) is 0 Å². The van der Waals surface area contributed by atoms with Crippen molar-refractivity contribution in [2.24, 2.45) is 11.8 Å². The highest BCUT2D eigenvalue weighted by molar-refractivity contribution is 7.71. The zero-order valence-corrected chi connectivity index (χ0v) is 11.3. The van der Waals surface area contributed by atoms with Gasteiger partial charge in [0.25, 0.3) is 0 Å². The van der Waals surface area contributed by atoms with Gasteiger partial charge in [-0.25, -0.2) is 4.98 Å². The molecule has 0 fully saturated rings. The molecule has 0 saturated carbocycles. The Morgan fingerprint density at radius 3 is 2.56 bits per heavy atom. The minimum atomic E-state index is 0.582. The maximum absolute atomic E-state index is 5.15. The van der Waals surface area contributed by atoms with Crippen molar-refractivity contribution < 1.29 is 0 Å². The van der Waals surface area contributed by atoms with Gasteiger partial charge in [-0.1, -0.05) is 39.9 Å². The van der Waals surface area contributed by atoms with Crippen LogP contribution in [-0.4, -0.2) is 16.5 Å². The molecule has 90 valence electrons. The summed E-state index contributed by atoms with van der Waals surface area (Å²) < 4.78 is 0.653. The van der Waals surface area contributed by atoms with Crippen LogP contribution in [-0.2, 0) is 6.42 Å². The lowest BCUT2D eigenvalue weighted by molar-refractivity contribution is 0.619. The third kappa shape index (κ3) is 4.75. The van der Waals surface area contributed by atoms with E-state index in [2.05, 4.69) is 43.0 Å². The SMILES string of the molecule is CC(C)CNc1cc(=S)nc(CC(C)C)[nH]1. The molecule has 0 atom stereocenters. The Bertz CT molecular complexity index is 382. The number of hydrogen-bond acceptors (Lipinski definition) is 3. The number of hydrogen-bond donors (Lipinski definition) is 2. The third-order valence-electron chi connectivity index (χ3n) is 2.09. The van der Waals surface area contributed by atoms with E-state index in [0.717, 1.165) is 24.6 Å². The van der Waals surface area contributed by atoms with Crippen LogP contribution >= 0.6 is 12.2 Å². The first kappa shape index (κ1) is 13.2. The molecule has 0 saturated heterocycles. The lowest BCUT2D eigenvalue weighted by atomic mass is 10.1. The number of nitrogens with zero attached hydrogens (tertiary/aromatic N) is 1. The van der Waals surface area contributed by atoms with Crippen LogP contribution < -0.4 is 5.32 Å². The Balaban J connectivity index is 2.77. The molecule has 0 bridgehead atoms. The van der Waals surface area contributed by atoms with Gasteiger partial charge < -0.3 is 10.3 Å². The minimum Gasteiger partial charge on any atom is -0.371 e. The van der Waals surface area contributed by atoms with Crippen molar-refractivity contribution in [1.82, 2.24) is 9.97 Å². The van der Waals surface area contributed by atoms with E-state index in [1.165, 1.54) is 0 Å². The van der Waals surface area contributed by atoms with E-state index in [1.807, 2.05) is 6.07 Å². The van der Waals surface area contributed by atoms with Crippen LogP contribution in [0.2, 0.25) is 0 Å². The van der Waals surface area contributed by atoms with Gasteiger partial charge in [-0.15, -0.1) is 0 Å². The molecule has 0 radical (unpaired) electrons.